The Kier molecular flexibility index (Phi) is 8.39. The van der Waals surface area contributed by atoms with Gasteiger partial charge in [-0.05, 0) is 79.3 Å². The molecule has 2 aliphatic rings. The van der Waals surface area contributed by atoms with Crippen molar-refractivity contribution in [3.63, 3.8) is 0 Å². The first-order chi connectivity index (χ1) is 11.4. The van der Waals surface area contributed by atoms with E-state index in [4.69, 9.17) is 12.6 Å². The largest absolute Gasteiger partial charge is 0.301 e. The van der Waals surface area contributed by atoms with Gasteiger partial charge in [-0.3, -0.25) is 9.80 Å². The summed E-state index contributed by atoms with van der Waals surface area (Å²) in [5.41, 5.74) is 0. The summed E-state index contributed by atoms with van der Waals surface area (Å²) in [5, 5.41) is 0.596. The highest BCUT2D eigenvalue weighted by Gasteiger charge is 2.27. The van der Waals surface area contributed by atoms with Gasteiger partial charge in [-0.1, -0.05) is 0 Å². The summed E-state index contributed by atoms with van der Waals surface area (Å²) in [7, 11) is 0. The zero-order valence-electron chi connectivity index (χ0n) is 16.7. The van der Waals surface area contributed by atoms with Crippen molar-refractivity contribution < 1.29 is 0 Å². The smallest absolute Gasteiger partial charge is 0.0113 e. The van der Waals surface area contributed by atoms with Crippen molar-refractivity contribution in [2.24, 2.45) is 5.92 Å². The minimum atomic E-state index is 0.596. The van der Waals surface area contributed by atoms with E-state index in [9.17, 15) is 0 Å². The molecule has 3 nitrogen and oxygen atoms in total. The quantitative estimate of drug-likeness (QED) is 0.700. The van der Waals surface area contributed by atoms with Crippen LogP contribution >= 0.6 is 12.6 Å². The van der Waals surface area contributed by atoms with Gasteiger partial charge in [-0.2, -0.15) is 12.6 Å². The molecular formula is C20H41N3S. The maximum Gasteiger partial charge on any atom is 0.0113 e. The van der Waals surface area contributed by atoms with Crippen molar-refractivity contribution in [3.05, 3.63) is 0 Å². The first-order valence-electron chi connectivity index (χ1n) is 10.3. The Hall–Kier alpha value is 0.230. The summed E-state index contributed by atoms with van der Waals surface area (Å²) in [6.07, 6.45) is 5.27. The molecule has 2 saturated heterocycles. The topological polar surface area (TPSA) is 9.72 Å². The lowest BCUT2D eigenvalue weighted by atomic mass is 9.89. The number of likely N-dealkylation sites (tertiary alicyclic amines) is 1. The molecule has 4 heteroatoms. The molecule has 0 aromatic carbocycles. The van der Waals surface area contributed by atoms with Crippen molar-refractivity contribution >= 4 is 12.6 Å². The molecule has 0 bridgehead atoms. The zero-order valence-corrected chi connectivity index (χ0v) is 17.6. The van der Waals surface area contributed by atoms with Crippen molar-refractivity contribution in [1.29, 1.82) is 0 Å². The van der Waals surface area contributed by atoms with E-state index in [0.717, 1.165) is 5.92 Å². The van der Waals surface area contributed by atoms with Crippen LogP contribution in [0.3, 0.4) is 0 Å². The molecule has 2 aliphatic heterocycles. The number of nitrogens with zero attached hydrogens (tertiary/aromatic N) is 3. The predicted molar refractivity (Wildman–Crippen MR) is 109 cm³/mol. The minimum absolute atomic E-state index is 0.596. The highest BCUT2D eigenvalue weighted by atomic mass is 32.1. The normalized spacial score (nSPS) is 25.5. The Balaban J connectivity index is 1.66. The number of piperazine rings is 1. The van der Waals surface area contributed by atoms with Gasteiger partial charge in [0.15, 0.2) is 0 Å². The molecule has 0 saturated carbocycles. The second-order valence-corrected chi connectivity index (χ2v) is 9.29. The Bertz CT molecular complexity index is 311. The van der Waals surface area contributed by atoms with E-state index in [-0.39, 0.29) is 0 Å². The van der Waals surface area contributed by atoms with Gasteiger partial charge in [0.25, 0.3) is 0 Å². The van der Waals surface area contributed by atoms with Gasteiger partial charge in [0.2, 0.25) is 0 Å². The van der Waals surface area contributed by atoms with E-state index in [1.54, 1.807) is 0 Å². The Morgan fingerprint density at radius 2 is 1.17 bits per heavy atom. The van der Waals surface area contributed by atoms with Crippen LogP contribution < -0.4 is 0 Å². The molecule has 2 heterocycles. The molecule has 24 heavy (non-hydrogen) atoms. The van der Waals surface area contributed by atoms with Crippen LogP contribution in [-0.2, 0) is 0 Å². The van der Waals surface area contributed by atoms with Gasteiger partial charge in [0.1, 0.15) is 0 Å². The second kappa shape index (κ2) is 9.80. The highest BCUT2D eigenvalue weighted by Crippen LogP contribution is 2.28. The van der Waals surface area contributed by atoms with Gasteiger partial charge in [0, 0.05) is 49.6 Å². The summed E-state index contributed by atoms with van der Waals surface area (Å²) in [6.45, 7) is 19.2. The third-order valence-electron chi connectivity index (χ3n) is 6.43. The number of piperidine rings is 1. The fourth-order valence-corrected chi connectivity index (χ4v) is 4.79. The maximum atomic E-state index is 4.99. The summed E-state index contributed by atoms with van der Waals surface area (Å²) >= 11 is 4.99. The van der Waals surface area contributed by atoms with Crippen molar-refractivity contribution in [3.8, 4) is 0 Å². The first-order valence-corrected chi connectivity index (χ1v) is 10.8. The second-order valence-electron chi connectivity index (χ2n) is 8.63. The third kappa shape index (κ3) is 5.89. The standard InChI is InChI=1S/C20H41N3S/c1-16(2)21-10-8-19(9-11-21)20(24)7-6-18(5)23-14-12-22(13-15-23)17(3)4/h16-20,24H,6-15H2,1-5H3. The Labute approximate surface area is 156 Å². The molecule has 142 valence electrons. The van der Waals surface area contributed by atoms with Crippen LogP contribution in [0.4, 0.5) is 0 Å². The Morgan fingerprint density at radius 1 is 0.708 bits per heavy atom. The molecule has 2 unspecified atom stereocenters. The van der Waals surface area contributed by atoms with E-state index < -0.39 is 0 Å². The molecule has 2 rings (SSSR count). The lowest BCUT2D eigenvalue weighted by Crippen LogP contribution is -2.51. The van der Waals surface area contributed by atoms with Crippen LogP contribution in [0.1, 0.15) is 60.3 Å². The van der Waals surface area contributed by atoms with E-state index in [1.165, 1.54) is 65.0 Å². The van der Waals surface area contributed by atoms with Gasteiger partial charge < -0.3 is 4.90 Å². The Morgan fingerprint density at radius 3 is 1.67 bits per heavy atom. The van der Waals surface area contributed by atoms with E-state index in [2.05, 4.69) is 49.3 Å². The van der Waals surface area contributed by atoms with Crippen LogP contribution in [0.15, 0.2) is 0 Å². The maximum absolute atomic E-state index is 4.99. The van der Waals surface area contributed by atoms with Gasteiger partial charge in [-0.25, -0.2) is 0 Å². The molecule has 0 amide bonds. The fourth-order valence-electron chi connectivity index (χ4n) is 4.35. The predicted octanol–water partition coefficient (Wildman–Crippen LogP) is 3.60. The van der Waals surface area contributed by atoms with Crippen molar-refractivity contribution in [2.45, 2.75) is 83.7 Å². The average Bonchev–Trinajstić information content (AvgIpc) is 2.59. The van der Waals surface area contributed by atoms with Crippen LogP contribution in [0.25, 0.3) is 0 Å². The van der Waals surface area contributed by atoms with E-state index >= 15 is 0 Å². The summed E-state index contributed by atoms with van der Waals surface area (Å²) in [5.74, 6) is 0.827. The fraction of sp³-hybridized carbons (Fsp3) is 1.00. The highest BCUT2D eigenvalue weighted by molar-refractivity contribution is 7.81. The van der Waals surface area contributed by atoms with Crippen molar-refractivity contribution in [1.82, 2.24) is 14.7 Å². The lowest BCUT2D eigenvalue weighted by molar-refractivity contribution is 0.0788. The number of thiol groups is 1. The lowest BCUT2D eigenvalue weighted by Gasteiger charge is -2.40. The van der Waals surface area contributed by atoms with Gasteiger partial charge in [-0.15, -0.1) is 0 Å². The van der Waals surface area contributed by atoms with Crippen LogP contribution in [0.5, 0.6) is 0 Å². The molecule has 0 aromatic rings. The third-order valence-corrected chi connectivity index (χ3v) is 7.11. The average molecular weight is 356 g/mol. The number of hydrogen-bond donors (Lipinski definition) is 1. The molecule has 2 atom stereocenters. The zero-order chi connectivity index (χ0) is 17.7. The van der Waals surface area contributed by atoms with Crippen LogP contribution in [0.2, 0.25) is 0 Å². The van der Waals surface area contributed by atoms with Crippen LogP contribution in [0, 0.1) is 5.92 Å². The van der Waals surface area contributed by atoms with E-state index in [0.29, 0.717) is 23.4 Å². The van der Waals surface area contributed by atoms with Crippen LogP contribution in [-0.4, -0.2) is 77.3 Å². The molecular weight excluding hydrogens is 314 g/mol. The SMILES string of the molecule is CC(C)N1CCC(C(S)CCC(C)N2CCN(C(C)C)CC2)CC1. The molecule has 0 N–H and O–H groups in total. The van der Waals surface area contributed by atoms with Gasteiger partial charge >= 0.3 is 0 Å². The van der Waals surface area contributed by atoms with Crippen molar-refractivity contribution in [2.75, 3.05) is 39.3 Å². The summed E-state index contributed by atoms with van der Waals surface area (Å²) in [4.78, 5) is 7.92. The minimum Gasteiger partial charge on any atom is -0.301 e. The molecule has 0 aromatic heterocycles. The number of hydrogen-bond acceptors (Lipinski definition) is 4. The molecule has 0 spiro atoms. The van der Waals surface area contributed by atoms with E-state index in [1.807, 2.05) is 0 Å². The summed E-state index contributed by atoms with van der Waals surface area (Å²) < 4.78 is 0. The summed E-state index contributed by atoms with van der Waals surface area (Å²) in [6, 6.07) is 2.11. The number of rotatable bonds is 7. The monoisotopic (exact) mass is 355 g/mol. The molecule has 2 fully saturated rings. The van der Waals surface area contributed by atoms with Gasteiger partial charge in [0.05, 0.1) is 0 Å². The first kappa shape index (κ1) is 20.5. The molecule has 0 aliphatic carbocycles. The molecule has 0 radical (unpaired) electrons.